The van der Waals surface area contributed by atoms with Crippen molar-refractivity contribution in [3.8, 4) is 0 Å². The molecular formula is C19H32N2. The van der Waals surface area contributed by atoms with Gasteiger partial charge in [-0.3, -0.25) is 0 Å². The normalized spacial score (nSPS) is 14.4. The van der Waals surface area contributed by atoms with Crippen LogP contribution in [-0.4, -0.2) is 13.1 Å². The minimum absolute atomic E-state index is 0.863. The van der Waals surface area contributed by atoms with E-state index in [0.717, 1.165) is 32.1 Å². The van der Waals surface area contributed by atoms with Crippen LogP contribution in [0.1, 0.15) is 62.6 Å². The van der Waals surface area contributed by atoms with Crippen molar-refractivity contribution in [2.24, 2.45) is 5.92 Å². The van der Waals surface area contributed by atoms with Crippen molar-refractivity contribution < 1.29 is 0 Å². The number of benzene rings is 1. The van der Waals surface area contributed by atoms with Gasteiger partial charge in [0, 0.05) is 13.1 Å². The molecule has 1 aliphatic rings. The zero-order valence-electron chi connectivity index (χ0n) is 13.9. The first kappa shape index (κ1) is 16.5. The van der Waals surface area contributed by atoms with Crippen molar-refractivity contribution in [1.29, 1.82) is 0 Å². The van der Waals surface area contributed by atoms with Crippen LogP contribution in [0.3, 0.4) is 0 Å². The fraction of sp³-hybridized carbons (Fsp3) is 0.684. The Balaban J connectivity index is 1.61. The highest BCUT2D eigenvalue weighted by Gasteiger charge is 2.11. The lowest BCUT2D eigenvalue weighted by molar-refractivity contribution is 0.512. The number of fused-ring (bicyclic) bond motifs is 1. The molecule has 118 valence electrons. The molecule has 2 nitrogen and oxygen atoms in total. The maximum Gasteiger partial charge on any atom is 0.0208 e. The SMILES string of the molecule is CC(C)CCCCCCNCc1cccc2c1CCNC2. The first-order valence-electron chi connectivity index (χ1n) is 8.78. The molecule has 1 heterocycles. The van der Waals surface area contributed by atoms with Gasteiger partial charge in [-0.15, -0.1) is 0 Å². The van der Waals surface area contributed by atoms with Gasteiger partial charge in [-0.1, -0.05) is 57.7 Å². The van der Waals surface area contributed by atoms with Crippen LogP contribution in [0.5, 0.6) is 0 Å². The van der Waals surface area contributed by atoms with E-state index in [-0.39, 0.29) is 0 Å². The molecule has 0 atom stereocenters. The van der Waals surface area contributed by atoms with Crippen molar-refractivity contribution in [3.63, 3.8) is 0 Å². The maximum absolute atomic E-state index is 3.63. The topological polar surface area (TPSA) is 24.1 Å². The third-order valence-electron chi connectivity index (χ3n) is 4.44. The number of hydrogen-bond donors (Lipinski definition) is 2. The molecule has 0 fully saturated rings. The summed E-state index contributed by atoms with van der Waals surface area (Å²) in [5.41, 5.74) is 4.59. The zero-order valence-corrected chi connectivity index (χ0v) is 13.9. The lowest BCUT2D eigenvalue weighted by atomic mass is 9.95. The van der Waals surface area contributed by atoms with Gasteiger partial charge in [0.05, 0.1) is 0 Å². The molecule has 0 saturated heterocycles. The van der Waals surface area contributed by atoms with Crippen LogP contribution in [0.4, 0.5) is 0 Å². The minimum atomic E-state index is 0.863. The Kier molecular flexibility index (Phi) is 7.25. The third kappa shape index (κ3) is 5.80. The molecule has 21 heavy (non-hydrogen) atoms. The Bertz CT molecular complexity index is 412. The Hall–Kier alpha value is -0.860. The van der Waals surface area contributed by atoms with E-state index in [9.17, 15) is 0 Å². The second kappa shape index (κ2) is 9.22. The monoisotopic (exact) mass is 288 g/mol. The molecule has 0 spiro atoms. The van der Waals surface area contributed by atoms with Gasteiger partial charge in [-0.05, 0) is 48.5 Å². The highest BCUT2D eigenvalue weighted by molar-refractivity contribution is 5.36. The van der Waals surface area contributed by atoms with Crippen LogP contribution in [0.15, 0.2) is 18.2 Å². The second-order valence-corrected chi connectivity index (χ2v) is 6.76. The predicted octanol–water partition coefficient (Wildman–Crippen LogP) is 4.03. The summed E-state index contributed by atoms with van der Waals surface area (Å²) < 4.78 is 0. The van der Waals surface area contributed by atoms with E-state index in [1.54, 1.807) is 5.56 Å². The van der Waals surface area contributed by atoms with Crippen LogP contribution in [-0.2, 0) is 19.5 Å². The van der Waals surface area contributed by atoms with Gasteiger partial charge in [0.1, 0.15) is 0 Å². The molecule has 0 amide bonds. The smallest absolute Gasteiger partial charge is 0.0208 e. The quantitative estimate of drug-likeness (QED) is 0.670. The van der Waals surface area contributed by atoms with Crippen LogP contribution in [0.25, 0.3) is 0 Å². The largest absolute Gasteiger partial charge is 0.313 e. The first-order chi connectivity index (χ1) is 10.3. The summed E-state index contributed by atoms with van der Waals surface area (Å²) in [7, 11) is 0. The standard InChI is InChI=1S/C19H32N2/c1-16(2)8-5-3-4-6-12-20-14-17-9-7-10-18-15-21-13-11-19(17)18/h7,9-10,16,20-21H,3-6,8,11-15H2,1-2H3. The van der Waals surface area contributed by atoms with E-state index in [4.69, 9.17) is 0 Å². The summed E-state index contributed by atoms with van der Waals surface area (Å²) in [5.74, 6) is 0.863. The van der Waals surface area contributed by atoms with Gasteiger partial charge in [-0.2, -0.15) is 0 Å². The van der Waals surface area contributed by atoms with Crippen LogP contribution >= 0.6 is 0 Å². The number of nitrogens with one attached hydrogen (secondary N) is 2. The van der Waals surface area contributed by atoms with Gasteiger partial charge < -0.3 is 10.6 Å². The Morgan fingerprint density at radius 2 is 2.00 bits per heavy atom. The van der Waals surface area contributed by atoms with Crippen molar-refractivity contribution >= 4 is 0 Å². The molecule has 2 heteroatoms. The van der Waals surface area contributed by atoms with E-state index in [1.807, 2.05) is 0 Å². The Labute approximate surface area is 130 Å². The number of unbranched alkanes of at least 4 members (excludes halogenated alkanes) is 3. The van der Waals surface area contributed by atoms with Crippen LogP contribution < -0.4 is 10.6 Å². The molecule has 1 aromatic carbocycles. The minimum Gasteiger partial charge on any atom is -0.313 e. The van der Waals surface area contributed by atoms with Crippen molar-refractivity contribution in [3.05, 3.63) is 34.9 Å². The fourth-order valence-electron chi connectivity index (χ4n) is 3.16. The molecule has 0 aromatic heterocycles. The summed E-state index contributed by atoms with van der Waals surface area (Å²) in [5, 5.41) is 7.08. The van der Waals surface area contributed by atoms with E-state index in [2.05, 4.69) is 42.7 Å². The van der Waals surface area contributed by atoms with Gasteiger partial charge in [0.15, 0.2) is 0 Å². The lowest BCUT2D eigenvalue weighted by Gasteiger charge is -2.20. The average molecular weight is 288 g/mol. The summed E-state index contributed by atoms with van der Waals surface area (Å²) in [6.45, 7) is 8.99. The zero-order chi connectivity index (χ0) is 14.9. The van der Waals surface area contributed by atoms with E-state index in [0.29, 0.717) is 0 Å². The molecule has 2 rings (SSSR count). The van der Waals surface area contributed by atoms with Crippen LogP contribution in [0.2, 0.25) is 0 Å². The van der Waals surface area contributed by atoms with Gasteiger partial charge in [0.2, 0.25) is 0 Å². The number of rotatable bonds is 9. The summed E-state index contributed by atoms with van der Waals surface area (Å²) in [4.78, 5) is 0. The predicted molar refractivity (Wildman–Crippen MR) is 91.5 cm³/mol. The van der Waals surface area contributed by atoms with Gasteiger partial charge >= 0.3 is 0 Å². The molecule has 0 unspecified atom stereocenters. The average Bonchev–Trinajstić information content (AvgIpc) is 2.50. The lowest BCUT2D eigenvalue weighted by Crippen LogP contribution is -2.26. The molecule has 0 aliphatic carbocycles. The number of hydrogen-bond acceptors (Lipinski definition) is 2. The van der Waals surface area contributed by atoms with Gasteiger partial charge in [0.25, 0.3) is 0 Å². The van der Waals surface area contributed by atoms with E-state index in [1.165, 1.54) is 49.7 Å². The molecule has 2 N–H and O–H groups in total. The molecule has 0 radical (unpaired) electrons. The third-order valence-corrected chi connectivity index (χ3v) is 4.44. The van der Waals surface area contributed by atoms with Crippen molar-refractivity contribution in [1.82, 2.24) is 10.6 Å². The molecular weight excluding hydrogens is 256 g/mol. The van der Waals surface area contributed by atoms with Crippen molar-refractivity contribution in [2.75, 3.05) is 13.1 Å². The van der Waals surface area contributed by atoms with E-state index < -0.39 is 0 Å². The second-order valence-electron chi connectivity index (χ2n) is 6.76. The van der Waals surface area contributed by atoms with Gasteiger partial charge in [-0.25, -0.2) is 0 Å². The maximum atomic E-state index is 3.63. The van der Waals surface area contributed by atoms with Crippen LogP contribution in [0, 0.1) is 5.92 Å². The highest BCUT2D eigenvalue weighted by atomic mass is 14.9. The van der Waals surface area contributed by atoms with E-state index >= 15 is 0 Å². The highest BCUT2D eigenvalue weighted by Crippen LogP contribution is 2.18. The molecule has 0 bridgehead atoms. The fourth-order valence-corrected chi connectivity index (χ4v) is 3.16. The Morgan fingerprint density at radius 1 is 1.14 bits per heavy atom. The summed E-state index contributed by atoms with van der Waals surface area (Å²) in [6, 6.07) is 6.76. The molecule has 1 aromatic rings. The summed E-state index contributed by atoms with van der Waals surface area (Å²) >= 11 is 0. The first-order valence-corrected chi connectivity index (χ1v) is 8.78. The van der Waals surface area contributed by atoms with Crippen molar-refractivity contribution in [2.45, 2.75) is 65.5 Å². The molecule has 0 saturated carbocycles. The summed E-state index contributed by atoms with van der Waals surface area (Å²) in [6.07, 6.45) is 8.05. The Morgan fingerprint density at radius 3 is 2.86 bits per heavy atom. The molecule has 1 aliphatic heterocycles.